The SMILES string of the molecule is CC1CCCCC1CCN(C)Cc1ccc(Oc2ccc3nc[nH]c3c2)cc1.CO.O=CC(F)(F)F. The molecule has 2 aromatic carbocycles. The lowest BCUT2D eigenvalue weighted by molar-refractivity contribution is -0.156. The molecule has 2 unspecified atom stereocenters. The summed E-state index contributed by atoms with van der Waals surface area (Å²) >= 11 is 0. The fraction of sp³-hybridized carbons (Fsp3) is 0.481. The van der Waals surface area contributed by atoms with Crippen molar-refractivity contribution in [2.75, 3.05) is 20.7 Å². The van der Waals surface area contributed by atoms with Crippen molar-refractivity contribution in [1.82, 2.24) is 14.9 Å². The molecule has 3 aromatic rings. The molecule has 1 aromatic heterocycles. The summed E-state index contributed by atoms with van der Waals surface area (Å²) in [6, 6.07) is 14.4. The number of H-pyrrole nitrogens is 1. The maximum Gasteiger partial charge on any atom is 0.446 e. The fourth-order valence-electron chi connectivity index (χ4n) is 4.38. The molecule has 198 valence electrons. The maximum atomic E-state index is 10.4. The fourth-order valence-corrected chi connectivity index (χ4v) is 4.38. The molecule has 36 heavy (non-hydrogen) atoms. The zero-order valence-electron chi connectivity index (χ0n) is 21.1. The Hall–Kier alpha value is -2.91. The Morgan fingerprint density at radius 1 is 1.11 bits per heavy atom. The van der Waals surface area contributed by atoms with Crippen LogP contribution in [-0.2, 0) is 11.3 Å². The number of nitrogens with one attached hydrogen (secondary N) is 1. The number of carbonyl (C=O) groups excluding carboxylic acids is 1. The Morgan fingerprint density at radius 2 is 1.75 bits per heavy atom. The standard InChI is InChI=1S/C24H31N3O.C2HF3O.CH4O/c1-18-5-3-4-6-20(18)13-14-27(2)16-19-7-9-21(10-8-19)28-22-11-12-23-24(15-22)26-17-25-23;3-2(4,5)1-6;1-2/h7-12,15,17-18,20H,3-6,13-14,16H2,1-2H3,(H,25,26);1H;2H,1H3. The van der Waals surface area contributed by atoms with Crippen LogP contribution in [0.4, 0.5) is 13.2 Å². The van der Waals surface area contributed by atoms with Crippen LogP contribution in [0.5, 0.6) is 11.5 Å². The highest BCUT2D eigenvalue weighted by molar-refractivity contribution is 5.76. The minimum atomic E-state index is -4.64. The van der Waals surface area contributed by atoms with Gasteiger partial charge >= 0.3 is 6.18 Å². The number of aromatic amines is 1. The monoisotopic (exact) mass is 507 g/mol. The molecular formula is C27H36F3N3O3. The van der Waals surface area contributed by atoms with E-state index in [-0.39, 0.29) is 0 Å². The van der Waals surface area contributed by atoms with E-state index in [0.29, 0.717) is 0 Å². The number of alkyl halides is 3. The molecule has 2 atom stereocenters. The predicted molar refractivity (Wildman–Crippen MR) is 135 cm³/mol. The number of benzene rings is 2. The topological polar surface area (TPSA) is 78.4 Å². The molecule has 0 radical (unpaired) electrons. The van der Waals surface area contributed by atoms with E-state index >= 15 is 0 Å². The van der Waals surface area contributed by atoms with Crippen molar-refractivity contribution in [1.29, 1.82) is 0 Å². The van der Waals surface area contributed by atoms with Gasteiger partial charge in [-0.15, -0.1) is 0 Å². The van der Waals surface area contributed by atoms with Crippen molar-refractivity contribution in [2.24, 2.45) is 11.8 Å². The number of hydrogen-bond acceptors (Lipinski definition) is 5. The minimum absolute atomic E-state index is 0.822. The lowest BCUT2D eigenvalue weighted by atomic mass is 9.78. The number of halogens is 3. The zero-order chi connectivity index (χ0) is 26.6. The normalized spacial score (nSPS) is 17.6. The Labute approximate surface area is 210 Å². The minimum Gasteiger partial charge on any atom is -0.457 e. The number of aldehydes is 1. The van der Waals surface area contributed by atoms with Crippen LogP contribution in [0.15, 0.2) is 48.8 Å². The van der Waals surface area contributed by atoms with Crippen molar-refractivity contribution in [3.8, 4) is 11.5 Å². The van der Waals surface area contributed by atoms with Gasteiger partial charge in [0.05, 0.1) is 17.4 Å². The van der Waals surface area contributed by atoms with Crippen molar-refractivity contribution in [3.05, 3.63) is 54.4 Å². The predicted octanol–water partition coefficient (Wildman–Crippen LogP) is 6.36. The van der Waals surface area contributed by atoms with E-state index in [2.05, 4.69) is 53.1 Å². The number of imidazole rings is 1. The van der Waals surface area contributed by atoms with Gasteiger partial charge in [0, 0.05) is 19.7 Å². The Morgan fingerprint density at radius 3 is 2.39 bits per heavy atom. The number of fused-ring (bicyclic) bond motifs is 1. The van der Waals surface area contributed by atoms with Crippen LogP contribution in [0, 0.1) is 11.8 Å². The van der Waals surface area contributed by atoms with Crippen molar-refractivity contribution in [3.63, 3.8) is 0 Å². The number of aliphatic hydroxyl groups excluding tert-OH is 1. The second kappa shape index (κ2) is 14.6. The van der Waals surface area contributed by atoms with E-state index in [9.17, 15) is 13.2 Å². The van der Waals surface area contributed by atoms with Crippen LogP contribution in [0.2, 0.25) is 0 Å². The molecule has 1 saturated carbocycles. The van der Waals surface area contributed by atoms with Gasteiger partial charge < -0.3 is 19.7 Å². The molecule has 1 heterocycles. The summed E-state index contributed by atoms with van der Waals surface area (Å²) in [5.74, 6) is 3.50. The second-order valence-electron chi connectivity index (χ2n) is 9.04. The summed E-state index contributed by atoms with van der Waals surface area (Å²) in [5.41, 5.74) is 3.27. The van der Waals surface area contributed by atoms with E-state index in [1.54, 1.807) is 6.33 Å². The maximum absolute atomic E-state index is 10.4. The van der Waals surface area contributed by atoms with Crippen molar-refractivity contribution < 1.29 is 27.8 Å². The second-order valence-corrected chi connectivity index (χ2v) is 9.04. The first-order valence-electron chi connectivity index (χ1n) is 12.1. The average molecular weight is 508 g/mol. The Balaban J connectivity index is 0.000000502. The summed E-state index contributed by atoms with van der Waals surface area (Å²) in [6.45, 7) is 4.60. The Bertz CT molecular complexity index is 1040. The molecule has 4 rings (SSSR count). The van der Waals surface area contributed by atoms with E-state index in [1.807, 2.05) is 18.2 Å². The highest BCUT2D eigenvalue weighted by atomic mass is 19.4. The number of aliphatic hydroxyl groups is 1. The number of nitrogens with zero attached hydrogens (tertiary/aromatic N) is 2. The van der Waals surface area contributed by atoms with E-state index in [4.69, 9.17) is 14.6 Å². The first-order valence-corrected chi connectivity index (χ1v) is 12.1. The average Bonchev–Trinajstić information content (AvgIpc) is 3.34. The van der Waals surface area contributed by atoms with Crippen LogP contribution in [-0.4, -0.2) is 53.1 Å². The molecule has 0 saturated heterocycles. The molecule has 0 bridgehead atoms. The van der Waals surface area contributed by atoms with Gasteiger partial charge in [-0.05, 0) is 61.7 Å². The van der Waals surface area contributed by atoms with Gasteiger partial charge in [0.15, 0.2) is 0 Å². The highest BCUT2D eigenvalue weighted by Gasteiger charge is 2.25. The van der Waals surface area contributed by atoms with Gasteiger partial charge in [0.1, 0.15) is 11.5 Å². The molecule has 0 spiro atoms. The van der Waals surface area contributed by atoms with Crippen molar-refractivity contribution >= 4 is 17.3 Å². The molecule has 9 heteroatoms. The third kappa shape index (κ3) is 9.99. The van der Waals surface area contributed by atoms with Gasteiger partial charge in [-0.1, -0.05) is 44.7 Å². The number of ether oxygens (including phenoxy) is 1. The first-order chi connectivity index (χ1) is 17.2. The van der Waals surface area contributed by atoms with Gasteiger partial charge in [-0.2, -0.15) is 13.2 Å². The summed E-state index contributed by atoms with van der Waals surface area (Å²) in [6.07, 6.45) is 3.02. The van der Waals surface area contributed by atoms with Crippen LogP contribution in [0.1, 0.15) is 44.6 Å². The number of aromatic nitrogens is 2. The van der Waals surface area contributed by atoms with E-state index in [1.165, 1.54) is 44.2 Å². The Kier molecular flexibility index (Phi) is 11.9. The molecule has 2 N–H and O–H groups in total. The van der Waals surface area contributed by atoms with Gasteiger partial charge in [-0.25, -0.2) is 4.98 Å². The molecule has 0 aliphatic heterocycles. The van der Waals surface area contributed by atoms with E-state index < -0.39 is 12.5 Å². The highest BCUT2D eigenvalue weighted by Crippen LogP contribution is 2.32. The van der Waals surface area contributed by atoms with Gasteiger partial charge in [-0.3, -0.25) is 4.79 Å². The smallest absolute Gasteiger partial charge is 0.446 e. The largest absolute Gasteiger partial charge is 0.457 e. The molecule has 6 nitrogen and oxygen atoms in total. The third-order valence-electron chi connectivity index (χ3n) is 6.31. The summed E-state index contributed by atoms with van der Waals surface area (Å²) in [7, 11) is 3.23. The molecule has 1 fully saturated rings. The molecule has 0 amide bonds. The van der Waals surface area contributed by atoms with Crippen LogP contribution in [0.3, 0.4) is 0 Å². The summed E-state index contributed by atoms with van der Waals surface area (Å²) in [5, 5.41) is 7.00. The summed E-state index contributed by atoms with van der Waals surface area (Å²) in [4.78, 5) is 18.5. The van der Waals surface area contributed by atoms with Crippen molar-refractivity contribution in [2.45, 2.75) is 51.7 Å². The van der Waals surface area contributed by atoms with Crippen LogP contribution < -0.4 is 4.74 Å². The molecule has 1 aliphatic carbocycles. The van der Waals surface area contributed by atoms with Crippen LogP contribution >= 0.6 is 0 Å². The first kappa shape index (κ1) is 29.3. The zero-order valence-corrected chi connectivity index (χ0v) is 21.1. The third-order valence-corrected chi connectivity index (χ3v) is 6.31. The van der Waals surface area contributed by atoms with Gasteiger partial charge in [0.2, 0.25) is 6.29 Å². The lowest BCUT2D eigenvalue weighted by Gasteiger charge is -2.30. The molecular weight excluding hydrogens is 471 g/mol. The van der Waals surface area contributed by atoms with Crippen LogP contribution in [0.25, 0.3) is 11.0 Å². The van der Waals surface area contributed by atoms with E-state index in [0.717, 1.165) is 48.0 Å². The number of rotatable bonds is 7. The lowest BCUT2D eigenvalue weighted by Crippen LogP contribution is -2.25. The number of carbonyl (C=O) groups is 1. The quantitative estimate of drug-likeness (QED) is 0.364. The summed E-state index contributed by atoms with van der Waals surface area (Å²) < 4.78 is 37.2. The number of hydrogen-bond donors (Lipinski definition) is 2. The molecule has 1 aliphatic rings. The van der Waals surface area contributed by atoms with Gasteiger partial charge in [0.25, 0.3) is 0 Å².